The smallest absolute Gasteiger partial charge is 0.276 e. The van der Waals surface area contributed by atoms with Crippen LogP contribution in [0.5, 0.6) is 0 Å². The van der Waals surface area contributed by atoms with Crippen LogP contribution in [-0.4, -0.2) is 42.1 Å². The van der Waals surface area contributed by atoms with Crippen molar-refractivity contribution in [2.24, 2.45) is 0 Å². The van der Waals surface area contributed by atoms with Gasteiger partial charge in [-0.25, -0.2) is 4.98 Å². The van der Waals surface area contributed by atoms with Crippen molar-refractivity contribution in [3.05, 3.63) is 30.5 Å². The molecule has 0 unspecified atom stereocenters. The fraction of sp³-hybridized carbons (Fsp3) is 0.333. The second-order valence-corrected chi connectivity index (χ2v) is 3.91. The van der Waals surface area contributed by atoms with Crippen LogP contribution < -0.4 is 0 Å². The molecule has 1 aliphatic rings. The average Bonchev–Trinajstić information content (AvgIpc) is 3.09. The lowest BCUT2D eigenvalue weighted by Gasteiger charge is -2.26. The van der Waals surface area contributed by atoms with Gasteiger partial charge in [-0.05, 0) is 12.1 Å². The number of amides is 1. The Kier molecular flexibility index (Phi) is 2.85. The van der Waals surface area contributed by atoms with E-state index in [0.717, 1.165) is 0 Å². The Bertz CT molecular complexity index is 526. The van der Waals surface area contributed by atoms with E-state index >= 15 is 0 Å². The molecule has 1 aliphatic heterocycles. The molecule has 0 aliphatic carbocycles. The van der Waals surface area contributed by atoms with E-state index in [-0.39, 0.29) is 11.6 Å². The molecule has 0 spiro atoms. The third-order valence-corrected chi connectivity index (χ3v) is 2.81. The normalized spacial score (nSPS) is 15.9. The van der Waals surface area contributed by atoms with Gasteiger partial charge in [-0.3, -0.25) is 4.79 Å². The SMILES string of the molecule is O=C(c1ncoc1-c1ccco1)N1CCOCC1. The highest BCUT2D eigenvalue weighted by Gasteiger charge is 2.26. The Hall–Kier alpha value is -2.08. The van der Waals surface area contributed by atoms with E-state index in [9.17, 15) is 4.79 Å². The number of aromatic nitrogens is 1. The van der Waals surface area contributed by atoms with Crippen LogP contribution in [0.2, 0.25) is 0 Å². The number of hydrogen-bond acceptors (Lipinski definition) is 5. The minimum atomic E-state index is -0.154. The number of nitrogens with zero attached hydrogens (tertiary/aromatic N) is 2. The van der Waals surface area contributed by atoms with E-state index in [1.807, 2.05) is 0 Å². The van der Waals surface area contributed by atoms with Gasteiger partial charge in [0.1, 0.15) is 0 Å². The number of carbonyl (C=O) groups excluding carboxylic acids is 1. The van der Waals surface area contributed by atoms with E-state index in [1.165, 1.54) is 12.7 Å². The van der Waals surface area contributed by atoms with E-state index in [4.69, 9.17) is 13.6 Å². The molecule has 6 heteroatoms. The summed E-state index contributed by atoms with van der Waals surface area (Å²) in [7, 11) is 0. The minimum Gasteiger partial charge on any atom is -0.461 e. The first-order valence-corrected chi connectivity index (χ1v) is 5.70. The molecule has 18 heavy (non-hydrogen) atoms. The summed E-state index contributed by atoms with van der Waals surface area (Å²) in [6.45, 7) is 2.26. The second-order valence-electron chi connectivity index (χ2n) is 3.91. The van der Waals surface area contributed by atoms with Gasteiger partial charge in [-0.1, -0.05) is 0 Å². The van der Waals surface area contributed by atoms with Crippen LogP contribution in [0.25, 0.3) is 11.5 Å². The van der Waals surface area contributed by atoms with E-state index < -0.39 is 0 Å². The summed E-state index contributed by atoms with van der Waals surface area (Å²) in [5.41, 5.74) is 0.284. The van der Waals surface area contributed by atoms with Crippen LogP contribution in [0.3, 0.4) is 0 Å². The van der Waals surface area contributed by atoms with Crippen molar-refractivity contribution in [2.75, 3.05) is 26.3 Å². The standard InChI is InChI=1S/C12H12N2O4/c15-12(14-3-6-16-7-4-14)10-11(18-8-13-10)9-2-1-5-17-9/h1-2,5,8H,3-4,6-7H2. The van der Waals surface area contributed by atoms with Crippen molar-refractivity contribution in [3.63, 3.8) is 0 Å². The third kappa shape index (κ3) is 1.91. The van der Waals surface area contributed by atoms with Gasteiger partial charge in [0.05, 0.1) is 19.5 Å². The first-order chi connectivity index (χ1) is 8.86. The van der Waals surface area contributed by atoms with Gasteiger partial charge in [-0.2, -0.15) is 0 Å². The Labute approximate surface area is 103 Å². The molecule has 1 amide bonds. The zero-order valence-electron chi connectivity index (χ0n) is 9.67. The molecule has 0 N–H and O–H groups in total. The fourth-order valence-electron chi connectivity index (χ4n) is 1.90. The highest BCUT2D eigenvalue weighted by atomic mass is 16.5. The van der Waals surface area contributed by atoms with Crippen molar-refractivity contribution < 1.29 is 18.4 Å². The van der Waals surface area contributed by atoms with Crippen LogP contribution in [0.4, 0.5) is 0 Å². The maximum atomic E-state index is 12.3. The van der Waals surface area contributed by atoms with E-state index in [0.29, 0.717) is 37.8 Å². The Balaban J connectivity index is 1.88. The molecule has 3 heterocycles. The number of morpholine rings is 1. The summed E-state index contributed by atoms with van der Waals surface area (Å²) >= 11 is 0. The molecule has 1 saturated heterocycles. The topological polar surface area (TPSA) is 68.7 Å². The number of furan rings is 1. The molecule has 2 aromatic heterocycles. The van der Waals surface area contributed by atoms with Gasteiger partial charge in [0.15, 0.2) is 17.8 Å². The predicted molar refractivity (Wildman–Crippen MR) is 60.9 cm³/mol. The molecule has 2 aromatic rings. The molecule has 1 fully saturated rings. The van der Waals surface area contributed by atoms with Crippen molar-refractivity contribution in [3.8, 4) is 11.5 Å². The summed E-state index contributed by atoms with van der Waals surface area (Å²) in [4.78, 5) is 18.0. The Morgan fingerprint density at radius 1 is 1.28 bits per heavy atom. The molecule has 3 rings (SSSR count). The zero-order chi connectivity index (χ0) is 12.4. The van der Waals surface area contributed by atoms with Gasteiger partial charge in [0.2, 0.25) is 5.76 Å². The van der Waals surface area contributed by atoms with Crippen LogP contribution in [0.15, 0.2) is 33.6 Å². The molecule has 6 nitrogen and oxygen atoms in total. The number of carbonyl (C=O) groups is 1. The highest BCUT2D eigenvalue weighted by molar-refractivity contribution is 5.97. The van der Waals surface area contributed by atoms with E-state index in [1.54, 1.807) is 17.0 Å². The number of rotatable bonds is 2. The molecular weight excluding hydrogens is 236 g/mol. The molecule has 0 bridgehead atoms. The Morgan fingerprint density at radius 2 is 2.11 bits per heavy atom. The lowest BCUT2D eigenvalue weighted by molar-refractivity contribution is 0.0299. The Morgan fingerprint density at radius 3 is 2.83 bits per heavy atom. The van der Waals surface area contributed by atoms with Crippen LogP contribution in [0, 0.1) is 0 Å². The predicted octanol–water partition coefficient (Wildman–Crippen LogP) is 1.41. The second kappa shape index (κ2) is 4.66. The van der Waals surface area contributed by atoms with Crippen LogP contribution in [-0.2, 0) is 4.74 Å². The minimum absolute atomic E-state index is 0.154. The maximum Gasteiger partial charge on any atom is 0.276 e. The van der Waals surface area contributed by atoms with Gasteiger partial charge >= 0.3 is 0 Å². The van der Waals surface area contributed by atoms with E-state index in [2.05, 4.69) is 4.98 Å². The summed E-state index contributed by atoms with van der Waals surface area (Å²) < 4.78 is 15.7. The average molecular weight is 248 g/mol. The number of hydrogen-bond donors (Lipinski definition) is 0. The molecule has 94 valence electrons. The summed E-state index contributed by atoms with van der Waals surface area (Å²) in [6, 6.07) is 3.47. The highest BCUT2D eigenvalue weighted by Crippen LogP contribution is 2.24. The molecule has 0 aromatic carbocycles. The molecule has 0 saturated carbocycles. The van der Waals surface area contributed by atoms with Gasteiger partial charge in [-0.15, -0.1) is 0 Å². The first kappa shape index (κ1) is 11.0. The lowest BCUT2D eigenvalue weighted by atomic mass is 10.2. The summed E-state index contributed by atoms with van der Waals surface area (Å²) in [5.74, 6) is 0.721. The third-order valence-electron chi connectivity index (χ3n) is 2.81. The number of oxazole rings is 1. The summed E-state index contributed by atoms with van der Waals surface area (Å²) in [6.07, 6.45) is 2.78. The monoisotopic (exact) mass is 248 g/mol. The molecular formula is C12H12N2O4. The van der Waals surface area contributed by atoms with Crippen molar-refractivity contribution in [1.29, 1.82) is 0 Å². The van der Waals surface area contributed by atoms with Gasteiger partial charge in [0.25, 0.3) is 5.91 Å². The summed E-state index contributed by atoms with van der Waals surface area (Å²) in [5, 5.41) is 0. The lowest BCUT2D eigenvalue weighted by Crippen LogP contribution is -2.41. The van der Waals surface area contributed by atoms with Gasteiger partial charge < -0.3 is 18.5 Å². The largest absolute Gasteiger partial charge is 0.461 e. The van der Waals surface area contributed by atoms with Crippen LogP contribution >= 0.6 is 0 Å². The zero-order valence-corrected chi connectivity index (χ0v) is 9.67. The van der Waals surface area contributed by atoms with Crippen molar-refractivity contribution in [2.45, 2.75) is 0 Å². The van der Waals surface area contributed by atoms with Crippen LogP contribution in [0.1, 0.15) is 10.5 Å². The molecule has 0 atom stereocenters. The quantitative estimate of drug-likeness (QED) is 0.803. The fourth-order valence-corrected chi connectivity index (χ4v) is 1.90. The van der Waals surface area contributed by atoms with Gasteiger partial charge in [0, 0.05) is 13.1 Å². The first-order valence-electron chi connectivity index (χ1n) is 5.70. The van der Waals surface area contributed by atoms with Crippen molar-refractivity contribution in [1.82, 2.24) is 9.88 Å². The number of ether oxygens (including phenoxy) is 1. The van der Waals surface area contributed by atoms with Crippen molar-refractivity contribution >= 4 is 5.91 Å². The molecule has 0 radical (unpaired) electrons. The maximum absolute atomic E-state index is 12.3.